The average Bonchev–Trinajstić information content (AvgIpc) is 2.80. The molecule has 0 radical (unpaired) electrons. The van der Waals surface area contributed by atoms with Crippen molar-refractivity contribution in [3.63, 3.8) is 0 Å². The first-order valence-corrected chi connectivity index (χ1v) is 12.1. The summed E-state index contributed by atoms with van der Waals surface area (Å²) < 4.78 is 32.8. The highest BCUT2D eigenvalue weighted by Gasteiger charge is 2.26. The molecule has 2 aromatic rings. The molecular formula is C22H25ClN4O4S. The fourth-order valence-corrected chi connectivity index (χ4v) is 5.24. The van der Waals surface area contributed by atoms with E-state index in [1.54, 1.807) is 26.0 Å². The van der Waals surface area contributed by atoms with Gasteiger partial charge in [0.1, 0.15) is 6.07 Å². The van der Waals surface area contributed by atoms with Gasteiger partial charge in [-0.1, -0.05) is 25.4 Å². The van der Waals surface area contributed by atoms with Crippen LogP contribution in [0, 0.1) is 11.3 Å². The molecule has 0 bridgehead atoms. The number of benzene rings is 2. The lowest BCUT2D eigenvalue weighted by Crippen LogP contribution is -2.37. The van der Waals surface area contributed by atoms with Crippen LogP contribution < -0.4 is 10.2 Å². The molecule has 0 spiro atoms. The molecule has 10 heteroatoms. The Balaban J connectivity index is 2.02. The highest BCUT2D eigenvalue weighted by molar-refractivity contribution is 7.89. The van der Waals surface area contributed by atoms with Crippen LogP contribution in [-0.2, 0) is 14.8 Å². The van der Waals surface area contributed by atoms with Crippen LogP contribution in [-0.4, -0.2) is 58.0 Å². The van der Waals surface area contributed by atoms with Gasteiger partial charge < -0.3 is 15.0 Å². The van der Waals surface area contributed by atoms with E-state index < -0.39 is 15.9 Å². The third-order valence-corrected chi connectivity index (χ3v) is 7.61. The normalized spacial score (nSPS) is 14.3. The number of carbonyl (C=O) groups excluding carboxylic acids is 1. The van der Waals surface area contributed by atoms with Crippen LogP contribution in [0.2, 0.25) is 5.02 Å². The lowest BCUT2D eigenvalue weighted by molar-refractivity contribution is 0.102. The Morgan fingerprint density at radius 2 is 1.88 bits per heavy atom. The molecular weight excluding hydrogens is 452 g/mol. The molecule has 2 aromatic carbocycles. The number of nitrogens with zero attached hydrogens (tertiary/aromatic N) is 3. The van der Waals surface area contributed by atoms with E-state index in [4.69, 9.17) is 21.6 Å². The van der Waals surface area contributed by atoms with Gasteiger partial charge in [0.25, 0.3) is 5.91 Å². The maximum absolute atomic E-state index is 13.2. The van der Waals surface area contributed by atoms with E-state index in [0.29, 0.717) is 56.3 Å². The van der Waals surface area contributed by atoms with E-state index in [1.165, 1.54) is 28.6 Å². The Hall–Kier alpha value is -2.64. The number of amides is 1. The monoisotopic (exact) mass is 476 g/mol. The first-order chi connectivity index (χ1) is 15.3. The molecule has 3 rings (SSSR count). The Bertz CT molecular complexity index is 1140. The Kier molecular flexibility index (Phi) is 7.74. The van der Waals surface area contributed by atoms with Crippen molar-refractivity contribution in [3.8, 4) is 6.07 Å². The summed E-state index contributed by atoms with van der Waals surface area (Å²) in [5.41, 5.74) is 1.57. The number of ether oxygens (including phenoxy) is 1. The first kappa shape index (κ1) is 24.0. The van der Waals surface area contributed by atoms with Crippen molar-refractivity contribution in [2.45, 2.75) is 18.7 Å². The smallest absolute Gasteiger partial charge is 0.257 e. The van der Waals surface area contributed by atoms with Crippen molar-refractivity contribution >= 4 is 38.9 Å². The van der Waals surface area contributed by atoms with Gasteiger partial charge in [0.2, 0.25) is 10.0 Å². The number of carbonyl (C=O) groups is 1. The molecule has 0 atom stereocenters. The Morgan fingerprint density at radius 3 is 2.47 bits per heavy atom. The van der Waals surface area contributed by atoms with Gasteiger partial charge in [0, 0.05) is 37.6 Å². The highest BCUT2D eigenvalue weighted by atomic mass is 35.5. The second-order valence-corrected chi connectivity index (χ2v) is 9.47. The SMILES string of the molecule is CCN(CC)S(=O)(=O)c1ccc(N2CCOCC2)c(C(=O)Nc2ccc(C#N)c(Cl)c2)c1. The summed E-state index contributed by atoms with van der Waals surface area (Å²) >= 11 is 6.08. The lowest BCUT2D eigenvalue weighted by atomic mass is 10.1. The summed E-state index contributed by atoms with van der Waals surface area (Å²) in [6, 6.07) is 11.2. The number of sulfonamides is 1. The number of hydrogen-bond donors (Lipinski definition) is 1. The summed E-state index contributed by atoms with van der Waals surface area (Å²) in [5, 5.41) is 12.0. The number of nitriles is 1. The van der Waals surface area contributed by atoms with Gasteiger partial charge >= 0.3 is 0 Å². The second kappa shape index (κ2) is 10.3. The first-order valence-electron chi connectivity index (χ1n) is 10.3. The van der Waals surface area contributed by atoms with Crippen molar-refractivity contribution in [1.29, 1.82) is 5.26 Å². The zero-order chi connectivity index (χ0) is 23.3. The van der Waals surface area contributed by atoms with Gasteiger partial charge in [-0.2, -0.15) is 9.57 Å². The van der Waals surface area contributed by atoms with Crippen molar-refractivity contribution in [2.75, 3.05) is 49.6 Å². The van der Waals surface area contributed by atoms with Crippen LogP contribution in [0.15, 0.2) is 41.3 Å². The fourth-order valence-electron chi connectivity index (χ4n) is 3.53. The zero-order valence-corrected chi connectivity index (χ0v) is 19.5. The molecule has 32 heavy (non-hydrogen) atoms. The van der Waals surface area contributed by atoms with Crippen molar-refractivity contribution in [3.05, 3.63) is 52.5 Å². The third-order valence-electron chi connectivity index (χ3n) is 5.26. The van der Waals surface area contributed by atoms with Gasteiger partial charge in [-0.25, -0.2) is 8.42 Å². The minimum Gasteiger partial charge on any atom is -0.378 e. The molecule has 1 aliphatic heterocycles. The predicted octanol–water partition coefficient (Wildman–Crippen LogP) is 3.33. The summed E-state index contributed by atoms with van der Waals surface area (Å²) in [6.45, 7) is 6.41. The average molecular weight is 477 g/mol. The Labute approximate surface area is 193 Å². The predicted molar refractivity (Wildman–Crippen MR) is 124 cm³/mol. The van der Waals surface area contributed by atoms with E-state index in [-0.39, 0.29) is 15.5 Å². The molecule has 8 nitrogen and oxygen atoms in total. The van der Waals surface area contributed by atoms with Gasteiger partial charge in [-0.3, -0.25) is 4.79 Å². The minimum atomic E-state index is -3.74. The summed E-state index contributed by atoms with van der Waals surface area (Å²) in [5.74, 6) is -0.469. The maximum atomic E-state index is 13.2. The number of halogens is 1. The number of rotatable bonds is 7. The van der Waals surface area contributed by atoms with Crippen molar-refractivity contribution in [2.24, 2.45) is 0 Å². The molecule has 1 aliphatic rings. The molecule has 1 fully saturated rings. The van der Waals surface area contributed by atoms with E-state index in [1.807, 2.05) is 11.0 Å². The molecule has 0 aliphatic carbocycles. The minimum absolute atomic E-state index is 0.0567. The summed E-state index contributed by atoms with van der Waals surface area (Å²) in [4.78, 5) is 15.3. The molecule has 170 valence electrons. The number of hydrogen-bond acceptors (Lipinski definition) is 6. The third kappa shape index (κ3) is 5.05. The number of morpholine rings is 1. The molecule has 1 amide bonds. The molecule has 1 saturated heterocycles. The second-order valence-electron chi connectivity index (χ2n) is 7.13. The van der Waals surface area contributed by atoms with Crippen LogP contribution in [0.3, 0.4) is 0 Å². The molecule has 1 N–H and O–H groups in total. The van der Waals surface area contributed by atoms with Crippen molar-refractivity contribution in [1.82, 2.24) is 4.31 Å². The van der Waals surface area contributed by atoms with Crippen LogP contribution >= 0.6 is 11.6 Å². The summed E-state index contributed by atoms with van der Waals surface area (Å²) in [7, 11) is -3.74. The van der Waals surface area contributed by atoms with Gasteiger partial charge in [-0.05, 0) is 36.4 Å². The summed E-state index contributed by atoms with van der Waals surface area (Å²) in [6.07, 6.45) is 0. The van der Waals surface area contributed by atoms with Crippen LogP contribution in [0.25, 0.3) is 0 Å². The highest BCUT2D eigenvalue weighted by Crippen LogP contribution is 2.28. The van der Waals surface area contributed by atoms with Crippen LogP contribution in [0.5, 0.6) is 0 Å². The van der Waals surface area contributed by atoms with Crippen LogP contribution in [0.4, 0.5) is 11.4 Å². The standard InChI is InChI=1S/C22H25ClN4O4S/c1-3-27(4-2)32(29,30)18-7-8-21(26-9-11-31-12-10-26)19(14-18)22(28)25-17-6-5-16(15-24)20(23)13-17/h5-8,13-14H,3-4,9-12H2,1-2H3,(H,25,28). The topological polar surface area (TPSA) is 103 Å². The van der Waals surface area contributed by atoms with Crippen molar-refractivity contribution < 1.29 is 17.9 Å². The van der Waals surface area contributed by atoms with E-state index >= 15 is 0 Å². The zero-order valence-electron chi connectivity index (χ0n) is 18.0. The van der Waals surface area contributed by atoms with Crippen LogP contribution in [0.1, 0.15) is 29.8 Å². The van der Waals surface area contributed by atoms with Gasteiger partial charge in [-0.15, -0.1) is 0 Å². The Morgan fingerprint density at radius 1 is 1.19 bits per heavy atom. The van der Waals surface area contributed by atoms with Gasteiger partial charge in [0.05, 0.1) is 34.3 Å². The quantitative estimate of drug-likeness (QED) is 0.657. The fraction of sp³-hybridized carbons (Fsp3) is 0.364. The largest absolute Gasteiger partial charge is 0.378 e. The molecule has 1 heterocycles. The number of nitrogens with one attached hydrogen (secondary N) is 1. The van der Waals surface area contributed by atoms with E-state index in [2.05, 4.69) is 5.32 Å². The maximum Gasteiger partial charge on any atom is 0.257 e. The molecule has 0 saturated carbocycles. The van der Waals surface area contributed by atoms with Gasteiger partial charge in [0.15, 0.2) is 0 Å². The number of anilines is 2. The molecule has 0 unspecified atom stereocenters. The lowest BCUT2D eigenvalue weighted by Gasteiger charge is -2.30. The van der Waals surface area contributed by atoms with E-state index in [9.17, 15) is 13.2 Å². The van der Waals surface area contributed by atoms with E-state index in [0.717, 1.165) is 0 Å². The molecule has 0 aromatic heterocycles.